The molecule has 0 unspecified atom stereocenters. The van der Waals surface area contributed by atoms with Crippen LogP contribution in [0.5, 0.6) is 5.75 Å². The van der Waals surface area contributed by atoms with Crippen molar-refractivity contribution in [1.29, 1.82) is 0 Å². The Morgan fingerprint density at radius 1 is 1.27 bits per heavy atom. The third kappa shape index (κ3) is 4.22. The van der Waals surface area contributed by atoms with Gasteiger partial charge in [0.25, 0.3) is 5.69 Å². The number of nitrogens with zero attached hydrogens (tertiary/aromatic N) is 7. The van der Waals surface area contributed by atoms with Crippen molar-refractivity contribution in [2.45, 2.75) is 26.2 Å². The standard InChI is InChI=1S/C16H16N8O5S/c1-16(2,3)13-14(22-8-17-7-19-22)30-15(20-13)21-18-6-9-4-10(23(26)27)5-11(12(9)25)24(28)29/h4-8,25H,1-3H3,(H,20,21)/b18-6+. The molecule has 2 heterocycles. The smallest absolute Gasteiger partial charge is 0.318 e. The number of hydrogen-bond acceptors (Lipinski definition) is 11. The molecule has 0 aliphatic rings. The van der Waals surface area contributed by atoms with Gasteiger partial charge < -0.3 is 5.11 Å². The summed E-state index contributed by atoms with van der Waals surface area (Å²) >= 11 is 1.25. The van der Waals surface area contributed by atoms with Crippen LogP contribution < -0.4 is 5.43 Å². The molecule has 3 rings (SSSR count). The van der Waals surface area contributed by atoms with E-state index in [0.29, 0.717) is 11.2 Å². The molecule has 0 aliphatic heterocycles. The summed E-state index contributed by atoms with van der Waals surface area (Å²) in [4.78, 5) is 28.8. The molecular weight excluding hydrogens is 416 g/mol. The molecule has 2 N–H and O–H groups in total. The normalized spacial score (nSPS) is 11.7. The Morgan fingerprint density at radius 3 is 2.57 bits per heavy atom. The number of hydrogen-bond donors (Lipinski definition) is 2. The highest BCUT2D eigenvalue weighted by atomic mass is 32.1. The summed E-state index contributed by atoms with van der Waals surface area (Å²) in [7, 11) is 0. The second kappa shape index (κ2) is 7.82. The maximum absolute atomic E-state index is 11.0. The number of hydrazone groups is 1. The van der Waals surface area contributed by atoms with Crippen LogP contribution in [0, 0.1) is 20.2 Å². The molecule has 1 aromatic carbocycles. The number of aromatic hydroxyl groups is 1. The fourth-order valence-corrected chi connectivity index (χ4v) is 3.50. The number of benzene rings is 1. The van der Waals surface area contributed by atoms with Crippen LogP contribution in [0.15, 0.2) is 29.9 Å². The predicted octanol–water partition coefficient (Wildman–Crippen LogP) is 2.99. The van der Waals surface area contributed by atoms with Gasteiger partial charge in [0.05, 0.1) is 33.4 Å². The van der Waals surface area contributed by atoms with Gasteiger partial charge >= 0.3 is 5.69 Å². The molecule has 0 fully saturated rings. The van der Waals surface area contributed by atoms with Crippen molar-refractivity contribution in [3.63, 3.8) is 0 Å². The summed E-state index contributed by atoms with van der Waals surface area (Å²) in [5.41, 5.74) is 1.59. The lowest BCUT2D eigenvalue weighted by molar-refractivity contribution is -0.394. The number of phenols is 1. The number of phenolic OH excluding ortho intramolecular Hbond substituents is 1. The average molecular weight is 432 g/mol. The molecule has 0 bridgehead atoms. The number of thiazole rings is 1. The number of non-ortho nitro benzene ring substituents is 1. The number of anilines is 1. The molecule has 3 aromatic rings. The van der Waals surface area contributed by atoms with Crippen LogP contribution in [0.1, 0.15) is 32.0 Å². The van der Waals surface area contributed by atoms with Gasteiger partial charge in [0.1, 0.15) is 17.7 Å². The SMILES string of the molecule is CC(C)(C)c1nc(N/N=C/c2cc([N+](=O)[O-])cc([N+](=O)[O-])c2O)sc1-n1cncn1. The molecule has 2 aromatic heterocycles. The monoisotopic (exact) mass is 432 g/mol. The van der Waals surface area contributed by atoms with E-state index in [1.165, 1.54) is 24.0 Å². The third-order valence-corrected chi connectivity index (χ3v) is 4.77. The van der Waals surface area contributed by atoms with E-state index >= 15 is 0 Å². The molecule has 30 heavy (non-hydrogen) atoms. The summed E-state index contributed by atoms with van der Waals surface area (Å²) in [5.74, 6) is -0.728. The van der Waals surface area contributed by atoms with Crippen LogP contribution in [-0.4, -0.2) is 40.9 Å². The highest BCUT2D eigenvalue weighted by Gasteiger charge is 2.25. The van der Waals surface area contributed by atoms with E-state index in [1.807, 2.05) is 20.8 Å². The van der Waals surface area contributed by atoms with Crippen molar-refractivity contribution in [3.8, 4) is 10.8 Å². The number of aromatic nitrogens is 4. The van der Waals surface area contributed by atoms with Crippen molar-refractivity contribution in [2.24, 2.45) is 5.10 Å². The molecule has 0 saturated carbocycles. The Kier molecular flexibility index (Phi) is 5.42. The summed E-state index contributed by atoms with van der Waals surface area (Å²) in [6.45, 7) is 5.95. The van der Waals surface area contributed by atoms with Gasteiger partial charge in [-0.2, -0.15) is 10.2 Å². The van der Waals surface area contributed by atoms with Crippen molar-refractivity contribution in [2.75, 3.05) is 5.43 Å². The topological polar surface area (TPSA) is 174 Å². The Bertz CT molecular complexity index is 1130. The van der Waals surface area contributed by atoms with Gasteiger partial charge in [0, 0.05) is 11.5 Å². The quantitative estimate of drug-likeness (QED) is 0.337. The molecule has 0 amide bonds. The van der Waals surface area contributed by atoms with E-state index in [9.17, 15) is 25.3 Å². The predicted molar refractivity (Wildman–Crippen MR) is 108 cm³/mol. The minimum absolute atomic E-state index is 0.187. The fraction of sp³-hybridized carbons (Fsp3) is 0.250. The Balaban J connectivity index is 1.93. The molecule has 0 saturated heterocycles. The lowest BCUT2D eigenvalue weighted by Crippen LogP contribution is -2.15. The van der Waals surface area contributed by atoms with Crippen molar-refractivity contribution in [1.82, 2.24) is 19.7 Å². The molecule has 0 spiro atoms. The van der Waals surface area contributed by atoms with E-state index in [1.54, 1.807) is 4.68 Å². The van der Waals surface area contributed by atoms with Gasteiger partial charge in [-0.15, -0.1) is 0 Å². The molecule has 0 radical (unpaired) electrons. The van der Waals surface area contributed by atoms with Crippen LogP contribution in [0.4, 0.5) is 16.5 Å². The van der Waals surface area contributed by atoms with Crippen molar-refractivity contribution >= 4 is 34.1 Å². The number of nitro groups is 2. The van der Waals surface area contributed by atoms with Gasteiger partial charge in [0.2, 0.25) is 10.9 Å². The third-order valence-electron chi connectivity index (χ3n) is 3.82. The van der Waals surface area contributed by atoms with Crippen LogP contribution in [0.3, 0.4) is 0 Å². The van der Waals surface area contributed by atoms with Crippen LogP contribution in [-0.2, 0) is 5.41 Å². The number of nitrogens with one attached hydrogen (secondary N) is 1. The number of rotatable bonds is 6. The maximum Gasteiger partial charge on any atom is 0.318 e. The zero-order chi connectivity index (χ0) is 22.1. The Morgan fingerprint density at radius 2 is 2.00 bits per heavy atom. The van der Waals surface area contributed by atoms with Gasteiger partial charge in [-0.25, -0.2) is 14.6 Å². The second-order valence-corrected chi connectivity index (χ2v) is 8.03. The Hall–Kier alpha value is -3.94. The summed E-state index contributed by atoms with van der Waals surface area (Å²) in [6.07, 6.45) is 3.98. The summed E-state index contributed by atoms with van der Waals surface area (Å²) < 4.78 is 1.57. The lowest BCUT2D eigenvalue weighted by Gasteiger charge is -2.16. The van der Waals surface area contributed by atoms with E-state index in [2.05, 4.69) is 25.6 Å². The zero-order valence-electron chi connectivity index (χ0n) is 16.0. The average Bonchev–Trinajstić information content (AvgIpc) is 3.31. The lowest BCUT2D eigenvalue weighted by atomic mass is 9.92. The van der Waals surface area contributed by atoms with Crippen molar-refractivity contribution < 1.29 is 15.0 Å². The van der Waals surface area contributed by atoms with Gasteiger partial charge in [-0.1, -0.05) is 32.1 Å². The summed E-state index contributed by atoms with van der Waals surface area (Å²) in [5, 5.41) is 41.2. The number of nitro benzene ring substituents is 2. The molecule has 0 atom stereocenters. The largest absolute Gasteiger partial charge is 0.502 e. The van der Waals surface area contributed by atoms with Crippen molar-refractivity contribution in [3.05, 3.63) is 56.3 Å². The molecule has 14 heteroatoms. The first-order valence-corrected chi connectivity index (χ1v) is 9.20. The molecule has 13 nitrogen and oxygen atoms in total. The highest BCUT2D eigenvalue weighted by molar-refractivity contribution is 7.18. The van der Waals surface area contributed by atoms with E-state index in [0.717, 1.165) is 23.0 Å². The van der Waals surface area contributed by atoms with E-state index < -0.39 is 27.0 Å². The first-order valence-electron chi connectivity index (χ1n) is 8.39. The van der Waals surface area contributed by atoms with Gasteiger partial charge in [0.15, 0.2) is 0 Å². The van der Waals surface area contributed by atoms with E-state index in [4.69, 9.17) is 0 Å². The van der Waals surface area contributed by atoms with Crippen LogP contribution in [0.25, 0.3) is 5.00 Å². The zero-order valence-corrected chi connectivity index (χ0v) is 16.8. The first-order chi connectivity index (χ1) is 14.1. The molecule has 0 aliphatic carbocycles. The highest BCUT2D eigenvalue weighted by Crippen LogP contribution is 2.35. The van der Waals surface area contributed by atoms with Gasteiger partial charge in [-0.3, -0.25) is 25.7 Å². The molecular formula is C16H16N8O5S. The van der Waals surface area contributed by atoms with E-state index in [-0.39, 0.29) is 11.0 Å². The van der Waals surface area contributed by atoms with Crippen LogP contribution >= 0.6 is 11.3 Å². The Labute approximate surface area is 173 Å². The van der Waals surface area contributed by atoms with Gasteiger partial charge in [-0.05, 0) is 0 Å². The second-order valence-electron chi connectivity index (χ2n) is 7.05. The minimum Gasteiger partial charge on any atom is -0.502 e. The maximum atomic E-state index is 11.0. The van der Waals surface area contributed by atoms with Crippen LogP contribution in [0.2, 0.25) is 0 Å². The summed E-state index contributed by atoms with van der Waals surface area (Å²) in [6, 6.07) is 1.66. The minimum atomic E-state index is -0.909. The first kappa shape index (κ1) is 20.8. The molecule has 156 valence electrons. The fourth-order valence-electron chi connectivity index (χ4n) is 2.44.